The topological polar surface area (TPSA) is 38.9 Å². The molecule has 3 nitrogen and oxygen atoms in total. The van der Waals surface area contributed by atoms with E-state index in [0.29, 0.717) is 0 Å². The number of fused-ring (bicyclic) bond motifs is 3. The molecule has 0 fully saturated rings. The van der Waals surface area contributed by atoms with Gasteiger partial charge in [-0.2, -0.15) is 0 Å². The average molecular weight is 497 g/mol. The van der Waals surface area contributed by atoms with Gasteiger partial charge in [0.25, 0.3) is 0 Å². The zero-order valence-electron chi connectivity index (χ0n) is 20.8. The molecular formula is C36H20N2O. The fraction of sp³-hybridized carbons (Fsp3) is 0. The minimum Gasteiger partial charge on any atom is -0.456 e. The predicted molar refractivity (Wildman–Crippen MR) is 160 cm³/mol. The van der Waals surface area contributed by atoms with E-state index in [-0.39, 0.29) is 0 Å². The van der Waals surface area contributed by atoms with E-state index in [1.54, 1.807) is 0 Å². The molecule has 180 valence electrons. The van der Waals surface area contributed by atoms with Gasteiger partial charge in [-0.15, -0.1) is 0 Å². The predicted octanol–water partition coefficient (Wildman–Crippen LogP) is 9.66. The zero-order chi connectivity index (χ0) is 25.5. The lowest BCUT2D eigenvalue weighted by atomic mass is 9.90. The monoisotopic (exact) mass is 496 g/mol. The first-order chi connectivity index (χ1) is 19.3. The van der Waals surface area contributed by atoms with Gasteiger partial charge >= 0.3 is 0 Å². The highest BCUT2D eigenvalue weighted by Crippen LogP contribution is 2.50. The smallest absolute Gasteiger partial charge is 0.161 e. The van der Waals surface area contributed by atoms with Crippen LogP contribution in [0.2, 0.25) is 0 Å². The van der Waals surface area contributed by atoms with Crippen molar-refractivity contribution in [2.45, 2.75) is 0 Å². The number of nitrogens with zero attached hydrogens (tertiary/aromatic N) is 2. The molecule has 0 radical (unpaired) electrons. The standard InChI is InChI=1S/C36H20N2O/c1-2-9-21(10-3-1)35-28-11-4-5-16-29(28)37-36(38-35)27-20-19-26-24-15-8-18-31-34(24)33-23(14-7-17-30(33)39-31)22-12-6-13-25(27)32(22)26/h1-20H. The van der Waals surface area contributed by atoms with Crippen molar-refractivity contribution in [3.05, 3.63) is 121 Å². The molecule has 0 saturated carbocycles. The van der Waals surface area contributed by atoms with Gasteiger partial charge in [0.2, 0.25) is 0 Å². The van der Waals surface area contributed by atoms with Crippen LogP contribution < -0.4 is 0 Å². The fourth-order valence-electron chi connectivity index (χ4n) is 6.38. The summed E-state index contributed by atoms with van der Waals surface area (Å²) in [4.78, 5) is 10.3. The molecule has 8 aromatic rings. The van der Waals surface area contributed by atoms with Gasteiger partial charge < -0.3 is 4.42 Å². The third kappa shape index (κ3) is 2.82. The quantitative estimate of drug-likeness (QED) is 0.239. The molecule has 0 unspecified atom stereocenters. The van der Waals surface area contributed by atoms with Crippen LogP contribution in [0.25, 0.3) is 88.5 Å². The second-order valence-electron chi connectivity index (χ2n) is 10.1. The molecule has 1 aliphatic carbocycles. The van der Waals surface area contributed by atoms with Gasteiger partial charge in [0.15, 0.2) is 5.82 Å². The molecule has 3 heteroatoms. The van der Waals surface area contributed by atoms with Crippen molar-refractivity contribution in [1.29, 1.82) is 0 Å². The zero-order valence-corrected chi connectivity index (χ0v) is 20.8. The highest BCUT2D eigenvalue weighted by Gasteiger charge is 2.24. The summed E-state index contributed by atoms with van der Waals surface area (Å²) in [6.45, 7) is 0. The Morgan fingerprint density at radius 2 is 1.00 bits per heavy atom. The molecule has 0 N–H and O–H groups in total. The summed E-state index contributed by atoms with van der Waals surface area (Å²) < 4.78 is 6.29. The van der Waals surface area contributed by atoms with E-state index in [2.05, 4.69) is 109 Å². The normalized spacial score (nSPS) is 12.1. The van der Waals surface area contributed by atoms with E-state index in [1.165, 1.54) is 38.4 Å². The highest BCUT2D eigenvalue weighted by molar-refractivity contribution is 6.26. The van der Waals surface area contributed by atoms with E-state index < -0.39 is 0 Å². The summed E-state index contributed by atoms with van der Waals surface area (Å²) in [5, 5.41) is 5.79. The van der Waals surface area contributed by atoms with Crippen LogP contribution in [0.1, 0.15) is 0 Å². The van der Waals surface area contributed by atoms with Crippen molar-refractivity contribution >= 4 is 43.6 Å². The number of furan rings is 1. The Morgan fingerprint density at radius 1 is 0.410 bits per heavy atom. The van der Waals surface area contributed by atoms with Crippen LogP contribution in [0, 0.1) is 0 Å². The second-order valence-corrected chi connectivity index (χ2v) is 10.1. The lowest BCUT2D eigenvalue weighted by Crippen LogP contribution is -1.96. The summed E-state index contributed by atoms with van der Waals surface area (Å²) in [7, 11) is 0. The van der Waals surface area contributed by atoms with E-state index in [4.69, 9.17) is 14.4 Å². The van der Waals surface area contributed by atoms with Crippen LogP contribution in [0.5, 0.6) is 0 Å². The number of hydrogen-bond donors (Lipinski definition) is 0. The molecule has 0 bridgehead atoms. The Balaban J connectivity index is 1.40. The molecule has 2 heterocycles. The summed E-state index contributed by atoms with van der Waals surface area (Å²) in [6.07, 6.45) is 0. The molecule has 1 aliphatic rings. The van der Waals surface area contributed by atoms with Gasteiger partial charge in [0.05, 0.1) is 11.2 Å². The van der Waals surface area contributed by atoms with Crippen LogP contribution in [0.3, 0.4) is 0 Å². The number of rotatable bonds is 2. The lowest BCUT2D eigenvalue weighted by molar-refractivity contribution is 0.669. The summed E-state index contributed by atoms with van der Waals surface area (Å²) in [5.41, 5.74) is 10.7. The first kappa shape index (κ1) is 20.7. The Hall–Kier alpha value is -5.28. The number of para-hydroxylation sites is 1. The maximum Gasteiger partial charge on any atom is 0.161 e. The van der Waals surface area contributed by atoms with Gasteiger partial charge in [-0.1, -0.05) is 97.1 Å². The third-order valence-electron chi connectivity index (χ3n) is 8.03. The molecule has 0 aliphatic heterocycles. The molecule has 2 aromatic heterocycles. The van der Waals surface area contributed by atoms with Crippen molar-refractivity contribution in [2.75, 3.05) is 0 Å². The maximum atomic E-state index is 6.29. The number of hydrogen-bond acceptors (Lipinski definition) is 3. The summed E-state index contributed by atoms with van der Waals surface area (Å²) >= 11 is 0. The molecule has 0 amide bonds. The van der Waals surface area contributed by atoms with E-state index >= 15 is 0 Å². The Bertz CT molecular complexity index is 2210. The molecule has 39 heavy (non-hydrogen) atoms. The minimum atomic E-state index is 0.735. The van der Waals surface area contributed by atoms with Gasteiger partial charge in [-0.25, -0.2) is 9.97 Å². The second kappa shape index (κ2) is 7.62. The van der Waals surface area contributed by atoms with Crippen LogP contribution in [-0.4, -0.2) is 9.97 Å². The third-order valence-corrected chi connectivity index (χ3v) is 8.03. The van der Waals surface area contributed by atoms with Crippen molar-refractivity contribution in [2.24, 2.45) is 0 Å². The molecule has 0 saturated heterocycles. The van der Waals surface area contributed by atoms with Gasteiger partial charge in [-0.05, 0) is 57.3 Å². The van der Waals surface area contributed by atoms with Crippen molar-refractivity contribution in [3.63, 3.8) is 0 Å². The van der Waals surface area contributed by atoms with Crippen molar-refractivity contribution in [1.82, 2.24) is 9.97 Å². The Morgan fingerprint density at radius 3 is 1.77 bits per heavy atom. The first-order valence-corrected chi connectivity index (χ1v) is 13.2. The maximum absolute atomic E-state index is 6.29. The molecular weight excluding hydrogens is 476 g/mol. The van der Waals surface area contributed by atoms with E-state index in [9.17, 15) is 0 Å². The minimum absolute atomic E-state index is 0.735. The Kier molecular flexibility index (Phi) is 4.05. The lowest BCUT2D eigenvalue weighted by Gasteiger charge is -2.15. The first-order valence-electron chi connectivity index (χ1n) is 13.2. The SMILES string of the molecule is c1ccc(-c2nc(-c3ccc4c5c(cccc35)-c3cccc5oc6cccc-4c6c35)nc3ccccc23)cc1. The van der Waals surface area contributed by atoms with Crippen LogP contribution in [-0.2, 0) is 0 Å². The van der Waals surface area contributed by atoms with Gasteiger partial charge in [0, 0.05) is 27.3 Å². The van der Waals surface area contributed by atoms with E-state index in [0.717, 1.165) is 50.1 Å². The molecule has 0 spiro atoms. The largest absolute Gasteiger partial charge is 0.456 e. The average Bonchev–Trinajstić information content (AvgIpc) is 3.33. The van der Waals surface area contributed by atoms with Crippen LogP contribution in [0.15, 0.2) is 126 Å². The molecule has 6 aromatic carbocycles. The van der Waals surface area contributed by atoms with Crippen molar-refractivity contribution in [3.8, 4) is 44.9 Å². The van der Waals surface area contributed by atoms with E-state index in [1.807, 2.05) is 12.1 Å². The van der Waals surface area contributed by atoms with Gasteiger partial charge in [-0.3, -0.25) is 0 Å². The summed E-state index contributed by atoms with van der Waals surface area (Å²) in [5.74, 6) is 0.735. The van der Waals surface area contributed by atoms with Crippen molar-refractivity contribution < 1.29 is 4.42 Å². The van der Waals surface area contributed by atoms with Gasteiger partial charge in [0.1, 0.15) is 11.2 Å². The van der Waals surface area contributed by atoms with Crippen LogP contribution in [0.4, 0.5) is 0 Å². The Labute approximate surface area is 224 Å². The number of benzene rings is 6. The number of aromatic nitrogens is 2. The van der Waals surface area contributed by atoms with Crippen LogP contribution >= 0.6 is 0 Å². The highest BCUT2D eigenvalue weighted by atomic mass is 16.3. The summed E-state index contributed by atoms with van der Waals surface area (Å²) in [6, 6.07) is 42.4. The fourth-order valence-corrected chi connectivity index (χ4v) is 6.38. The molecule has 9 rings (SSSR count). The molecule has 0 atom stereocenters.